The van der Waals surface area contributed by atoms with Gasteiger partial charge in [0.15, 0.2) is 11.5 Å². The van der Waals surface area contributed by atoms with Crippen LogP contribution in [0.2, 0.25) is 0 Å². The average Bonchev–Trinajstić information content (AvgIpc) is 3.20. The van der Waals surface area contributed by atoms with Gasteiger partial charge in [-0.2, -0.15) is 0 Å². The summed E-state index contributed by atoms with van der Waals surface area (Å²) in [6.07, 6.45) is 2.82. The van der Waals surface area contributed by atoms with Gasteiger partial charge >= 0.3 is 5.97 Å². The van der Waals surface area contributed by atoms with E-state index >= 15 is 0 Å². The summed E-state index contributed by atoms with van der Waals surface area (Å²) in [5, 5.41) is 26.8. The molecule has 2 bridgehead atoms. The molecule has 2 aliphatic carbocycles. The van der Waals surface area contributed by atoms with E-state index in [9.17, 15) is 15.0 Å². The van der Waals surface area contributed by atoms with Gasteiger partial charge in [-0.3, -0.25) is 10.1 Å². The summed E-state index contributed by atoms with van der Waals surface area (Å²) in [7, 11) is 2.09. The SMILES string of the molecule is CN1CCC23c4c5ccc(O)c4O[C@H]2[C@@H](N[C@@H](Cc2ccccc2)C(=O)OC(C)(C)C)CC[C@@]3(O)C1C5. The van der Waals surface area contributed by atoms with Crippen molar-refractivity contribution in [3.05, 3.63) is 59.2 Å². The quantitative estimate of drug-likeness (QED) is 0.537. The fourth-order valence-electron chi connectivity index (χ4n) is 7.62. The van der Waals surface area contributed by atoms with Gasteiger partial charge in [0.2, 0.25) is 0 Å². The van der Waals surface area contributed by atoms with E-state index in [0.29, 0.717) is 25.0 Å². The first-order valence-corrected chi connectivity index (χ1v) is 13.5. The van der Waals surface area contributed by atoms with Crippen molar-refractivity contribution < 1.29 is 24.5 Å². The third-order valence-corrected chi connectivity index (χ3v) is 9.12. The van der Waals surface area contributed by atoms with Crippen molar-refractivity contribution in [2.45, 2.75) is 93.7 Å². The Bertz CT molecular complexity index is 1210. The first-order chi connectivity index (χ1) is 17.5. The van der Waals surface area contributed by atoms with E-state index in [4.69, 9.17) is 9.47 Å². The molecule has 3 N–H and O–H groups in total. The van der Waals surface area contributed by atoms with E-state index in [0.717, 1.165) is 36.1 Å². The normalized spacial score (nSPS) is 32.8. The lowest BCUT2D eigenvalue weighted by Gasteiger charge is -2.63. The molecule has 2 heterocycles. The minimum atomic E-state index is -0.963. The molecule has 6 rings (SSSR count). The van der Waals surface area contributed by atoms with Crippen molar-refractivity contribution in [2.75, 3.05) is 13.6 Å². The number of nitrogens with zero attached hydrogens (tertiary/aromatic N) is 1. The first kappa shape index (κ1) is 24.7. The molecule has 7 nitrogen and oxygen atoms in total. The van der Waals surface area contributed by atoms with Gasteiger partial charge in [0.05, 0.1) is 11.0 Å². The minimum absolute atomic E-state index is 0.0118. The molecule has 198 valence electrons. The summed E-state index contributed by atoms with van der Waals surface area (Å²) in [6, 6.07) is 12.9. The molecule has 0 radical (unpaired) electrons. The Hall–Kier alpha value is -2.61. The molecule has 7 heteroatoms. The first-order valence-electron chi connectivity index (χ1n) is 13.5. The predicted molar refractivity (Wildman–Crippen MR) is 140 cm³/mol. The zero-order chi connectivity index (χ0) is 26.2. The van der Waals surface area contributed by atoms with Crippen LogP contribution in [-0.4, -0.2) is 70.1 Å². The van der Waals surface area contributed by atoms with Crippen molar-refractivity contribution in [1.29, 1.82) is 0 Å². The van der Waals surface area contributed by atoms with E-state index in [-0.39, 0.29) is 23.8 Å². The molecule has 4 aliphatic rings. The van der Waals surface area contributed by atoms with Crippen molar-refractivity contribution in [3.63, 3.8) is 0 Å². The van der Waals surface area contributed by atoms with Crippen molar-refractivity contribution >= 4 is 5.97 Å². The molecule has 2 aliphatic heterocycles. The number of aromatic hydroxyl groups is 1. The molecule has 2 unspecified atom stereocenters. The standard InChI is InChI=1S/C30H38N2O5/c1-28(2,3)37-27(34)21(16-18-8-6-5-7-9-18)31-20-12-13-30(35)23-17-19-10-11-22(33)25-24(19)29(30,26(20)36-25)14-15-32(23)4/h5-11,20-21,23,26,31,33,35H,12-17H2,1-4H3/t20-,21-,23?,26-,29?,30+/m0/s1. The summed E-state index contributed by atoms with van der Waals surface area (Å²) in [5.41, 5.74) is 0.967. The summed E-state index contributed by atoms with van der Waals surface area (Å²) >= 11 is 0. The maximum atomic E-state index is 13.4. The summed E-state index contributed by atoms with van der Waals surface area (Å²) < 4.78 is 12.4. The van der Waals surface area contributed by atoms with Crippen molar-refractivity contribution in [1.82, 2.24) is 10.2 Å². The number of rotatable bonds is 5. The number of nitrogens with one attached hydrogen (secondary N) is 1. The monoisotopic (exact) mass is 506 g/mol. The fraction of sp³-hybridized carbons (Fsp3) is 0.567. The lowest BCUT2D eigenvalue weighted by molar-refractivity contribution is -0.188. The molecule has 6 atom stereocenters. The highest BCUT2D eigenvalue weighted by atomic mass is 16.6. The lowest BCUT2D eigenvalue weighted by atomic mass is 9.48. The molecule has 2 aromatic rings. The van der Waals surface area contributed by atoms with Gasteiger partial charge < -0.3 is 24.6 Å². The third kappa shape index (κ3) is 3.69. The summed E-state index contributed by atoms with van der Waals surface area (Å²) in [5.74, 6) is 0.335. The average molecular weight is 507 g/mol. The Labute approximate surface area is 218 Å². The van der Waals surface area contributed by atoms with Crippen molar-refractivity contribution in [2.24, 2.45) is 0 Å². The van der Waals surface area contributed by atoms with E-state index in [1.807, 2.05) is 57.2 Å². The second-order valence-corrected chi connectivity index (χ2v) is 12.4. The number of hydrogen-bond donors (Lipinski definition) is 3. The largest absolute Gasteiger partial charge is 0.504 e. The zero-order valence-electron chi connectivity index (χ0n) is 22.2. The Morgan fingerprint density at radius 1 is 1.22 bits per heavy atom. The predicted octanol–water partition coefficient (Wildman–Crippen LogP) is 3.09. The number of hydrogen-bond acceptors (Lipinski definition) is 7. The molecule has 2 fully saturated rings. The van der Waals surface area contributed by atoms with E-state index in [2.05, 4.69) is 17.3 Å². The van der Waals surface area contributed by atoms with Gasteiger partial charge in [-0.25, -0.2) is 0 Å². The number of carbonyl (C=O) groups excluding carboxylic acids is 1. The highest BCUT2D eigenvalue weighted by Crippen LogP contribution is 2.65. The Kier molecular flexibility index (Phi) is 5.64. The second-order valence-electron chi connectivity index (χ2n) is 12.4. The second kappa shape index (κ2) is 8.45. The number of aliphatic hydroxyl groups is 1. The summed E-state index contributed by atoms with van der Waals surface area (Å²) in [4.78, 5) is 15.7. The van der Waals surface area contributed by atoms with Crippen LogP contribution in [0.4, 0.5) is 0 Å². The maximum absolute atomic E-state index is 13.4. The molecule has 1 spiro atoms. The van der Waals surface area contributed by atoms with Crippen LogP contribution in [0.15, 0.2) is 42.5 Å². The van der Waals surface area contributed by atoms with Crippen LogP contribution >= 0.6 is 0 Å². The smallest absolute Gasteiger partial charge is 0.324 e. The minimum Gasteiger partial charge on any atom is -0.504 e. The number of phenolic OH excluding ortho intramolecular Hbond substituents is 1. The van der Waals surface area contributed by atoms with Crippen LogP contribution < -0.4 is 10.1 Å². The molecule has 1 saturated carbocycles. The molecule has 37 heavy (non-hydrogen) atoms. The molecular weight excluding hydrogens is 468 g/mol. The Morgan fingerprint density at radius 3 is 2.70 bits per heavy atom. The highest BCUT2D eigenvalue weighted by Gasteiger charge is 2.72. The van der Waals surface area contributed by atoms with Crippen LogP contribution in [0.5, 0.6) is 11.5 Å². The lowest BCUT2D eigenvalue weighted by Crippen LogP contribution is -2.78. The van der Waals surface area contributed by atoms with Gasteiger partial charge in [0.1, 0.15) is 17.7 Å². The number of esters is 1. The van der Waals surface area contributed by atoms with Gasteiger partial charge in [-0.05, 0) is 83.7 Å². The molecule has 2 aromatic carbocycles. The van der Waals surface area contributed by atoms with Crippen molar-refractivity contribution in [3.8, 4) is 11.5 Å². The number of likely N-dealkylation sites (tertiary alicyclic amines) is 1. The maximum Gasteiger partial charge on any atom is 0.324 e. The molecule has 0 aromatic heterocycles. The number of carbonyl (C=O) groups is 1. The molecule has 0 amide bonds. The Morgan fingerprint density at radius 2 is 1.97 bits per heavy atom. The van der Waals surface area contributed by atoms with Gasteiger partial charge in [0, 0.05) is 17.6 Å². The van der Waals surface area contributed by atoms with Gasteiger partial charge in [-0.1, -0.05) is 36.4 Å². The number of benzene rings is 2. The van der Waals surface area contributed by atoms with Gasteiger partial charge in [0.25, 0.3) is 0 Å². The van der Waals surface area contributed by atoms with Crippen LogP contribution in [-0.2, 0) is 27.8 Å². The highest BCUT2D eigenvalue weighted by molar-refractivity contribution is 5.77. The van der Waals surface area contributed by atoms with Crippen LogP contribution in [0, 0.1) is 0 Å². The number of phenols is 1. The van der Waals surface area contributed by atoms with Gasteiger partial charge in [-0.15, -0.1) is 0 Å². The van der Waals surface area contributed by atoms with E-state index in [1.54, 1.807) is 6.07 Å². The van der Waals surface area contributed by atoms with E-state index in [1.165, 1.54) is 0 Å². The summed E-state index contributed by atoms with van der Waals surface area (Å²) in [6.45, 7) is 6.48. The Balaban J connectivity index is 1.38. The number of ether oxygens (including phenoxy) is 2. The molecule has 1 saturated heterocycles. The van der Waals surface area contributed by atoms with Crippen LogP contribution in [0.1, 0.15) is 56.7 Å². The number of piperidine rings is 1. The van der Waals surface area contributed by atoms with E-state index < -0.39 is 28.8 Å². The molecular formula is C30H38N2O5. The number of likely N-dealkylation sites (N-methyl/N-ethyl adjacent to an activating group) is 1. The third-order valence-electron chi connectivity index (χ3n) is 9.12. The van der Waals surface area contributed by atoms with Crippen LogP contribution in [0.3, 0.4) is 0 Å². The topological polar surface area (TPSA) is 91.3 Å². The zero-order valence-corrected chi connectivity index (χ0v) is 22.2. The van der Waals surface area contributed by atoms with Crippen LogP contribution in [0.25, 0.3) is 0 Å². The fourth-order valence-corrected chi connectivity index (χ4v) is 7.62.